The minimum Gasteiger partial charge on any atom is -0.454 e. The van der Waals surface area contributed by atoms with Crippen LogP contribution < -0.4 is 0 Å². The molecular formula is C14H9ClN4O3S. The number of hydrogen-bond acceptors (Lipinski definition) is 7. The number of hydrogen-bond donors (Lipinski definition) is 0. The summed E-state index contributed by atoms with van der Waals surface area (Å²) in [5.74, 6) is -0.871. The average molecular weight is 349 g/mol. The molecule has 3 rings (SSSR count). The molecule has 2 heterocycles. The minimum atomic E-state index is -0.579. The monoisotopic (exact) mass is 348 g/mol. The van der Waals surface area contributed by atoms with Crippen LogP contribution in [-0.4, -0.2) is 38.6 Å². The molecule has 0 aliphatic rings. The van der Waals surface area contributed by atoms with Crippen molar-refractivity contribution in [2.24, 2.45) is 0 Å². The predicted octanol–water partition coefficient (Wildman–Crippen LogP) is 2.42. The Morgan fingerprint density at radius 2 is 1.96 bits per heavy atom. The predicted molar refractivity (Wildman–Crippen MR) is 83.1 cm³/mol. The Morgan fingerprint density at radius 1 is 1.17 bits per heavy atom. The van der Waals surface area contributed by atoms with Crippen molar-refractivity contribution in [1.82, 2.24) is 20.2 Å². The van der Waals surface area contributed by atoms with Gasteiger partial charge in [0.25, 0.3) is 0 Å². The lowest BCUT2D eigenvalue weighted by atomic mass is 10.2. The molecule has 0 spiro atoms. The Bertz CT molecular complexity index is 830. The SMILES string of the molecule is O=C(OCC(=O)c1ccc(Cl)s1)c1ccc(-n2cnnn2)cc1. The molecule has 0 N–H and O–H groups in total. The second-order valence-electron chi connectivity index (χ2n) is 4.40. The maximum Gasteiger partial charge on any atom is 0.338 e. The Hall–Kier alpha value is -2.58. The summed E-state index contributed by atoms with van der Waals surface area (Å²) < 4.78 is 6.98. The molecule has 0 amide bonds. The van der Waals surface area contributed by atoms with Gasteiger partial charge in [-0.1, -0.05) is 11.6 Å². The zero-order chi connectivity index (χ0) is 16.2. The largest absolute Gasteiger partial charge is 0.454 e. The summed E-state index contributed by atoms with van der Waals surface area (Å²) in [6.07, 6.45) is 1.44. The first-order valence-corrected chi connectivity index (χ1v) is 7.62. The molecule has 0 unspecified atom stereocenters. The van der Waals surface area contributed by atoms with Gasteiger partial charge in [-0.3, -0.25) is 4.79 Å². The van der Waals surface area contributed by atoms with Crippen molar-refractivity contribution < 1.29 is 14.3 Å². The van der Waals surface area contributed by atoms with Gasteiger partial charge in [-0.05, 0) is 46.8 Å². The van der Waals surface area contributed by atoms with E-state index >= 15 is 0 Å². The maximum atomic E-state index is 11.9. The van der Waals surface area contributed by atoms with E-state index in [-0.39, 0.29) is 12.4 Å². The lowest BCUT2D eigenvalue weighted by molar-refractivity contribution is 0.0476. The van der Waals surface area contributed by atoms with Gasteiger partial charge in [-0.2, -0.15) is 0 Å². The van der Waals surface area contributed by atoms with Crippen molar-refractivity contribution in [3.05, 3.63) is 57.5 Å². The van der Waals surface area contributed by atoms with E-state index in [9.17, 15) is 9.59 Å². The van der Waals surface area contributed by atoms with Crippen molar-refractivity contribution in [3.63, 3.8) is 0 Å². The standard InChI is InChI=1S/C14H9ClN4O3S/c15-13-6-5-12(23-13)11(20)7-22-14(21)9-1-3-10(4-2-9)19-8-16-17-18-19/h1-6,8H,7H2. The Labute approximate surface area is 139 Å². The molecular weight excluding hydrogens is 340 g/mol. The summed E-state index contributed by atoms with van der Waals surface area (Å²) in [4.78, 5) is 24.2. The highest BCUT2D eigenvalue weighted by Gasteiger charge is 2.13. The molecule has 9 heteroatoms. The van der Waals surface area contributed by atoms with E-state index in [4.69, 9.17) is 16.3 Å². The second kappa shape index (κ2) is 6.67. The summed E-state index contributed by atoms with van der Waals surface area (Å²) in [5.41, 5.74) is 1.04. The van der Waals surface area contributed by atoms with Gasteiger partial charge in [0.05, 0.1) is 20.5 Å². The van der Waals surface area contributed by atoms with Crippen molar-refractivity contribution in [3.8, 4) is 5.69 Å². The van der Waals surface area contributed by atoms with Crippen LogP contribution in [0, 0.1) is 0 Å². The van der Waals surface area contributed by atoms with E-state index in [2.05, 4.69) is 15.5 Å². The maximum absolute atomic E-state index is 11.9. The number of nitrogens with zero attached hydrogens (tertiary/aromatic N) is 4. The third kappa shape index (κ3) is 3.61. The van der Waals surface area contributed by atoms with Crippen LogP contribution in [0.4, 0.5) is 0 Å². The minimum absolute atomic E-state index is 0.291. The number of aromatic nitrogens is 4. The van der Waals surface area contributed by atoms with Crippen LogP contribution in [0.3, 0.4) is 0 Å². The second-order valence-corrected chi connectivity index (χ2v) is 6.12. The Kier molecular flexibility index (Phi) is 4.45. The number of carbonyl (C=O) groups excluding carboxylic acids is 2. The highest BCUT2D eigenvalue weighted by Crippen LogP contribution is 2.21. The van der Waals surface area contributed by atoms with Crippen molar-refractivity contribution in [2.75, 3.05) is 6.61 Å². The van der Waals surface area contributed by atoms with E-state index in [1.807, 2.05) is 0 Å². The number of benzene rings is 1. The van der Waals surface area contributed by atoms with E-state index < -0.39 is 5.97 Å². The van der Waals surface area contributed by atoms with Crippen LogP contribution in [0.2, 0.25) is 4.34 Å². The van der Waals surface area contributed by atoms with E-state index in [0.717, 1.165) is 11.3 Å². The van der Waals surface area contributed by atoms with Crippen LogP contribution in [0.15, 0.2) is 42.7 Å². The number of rotatable bonds is 5. The summed E-state index contributed by atoms with van der Waals surface area (Å²) in [6, 6.07) is 9.72. The van der Waals surface area contributed by atoms with Gasteiger partial charge in [-0.25, -0.2) is 9.48 Å². The molecule has 116 valence electrons. The average Bonchev–Trinajstić information content (AvgIpc) is 3.24. The fraction of sp³-hybridized carbons (Fsp3) is 0.0714. The van der Waals surface area contributed by atoms with E-state index in [0.29, 0.717) is 20.5 Å². The first-order chi connectivity index (χ1) is 11.1. The number of halogens is 1. The number of esters is 1. The van der Waals surface area contributed by atoms with Crippen molar-refractivity contribution in [1.29, 1.82) is 0 Å². The smallest absolute Gasteiger partial charge is 0.338 e. The normalized spacial score (nSPS) is 10.5. The highest BCUT2D eigenvalue weighted by molar-refractivity contribution is 7.18. The van der Waals surface area contributed by atoms with Gasteiger partial charge in [0, 0.05) is 0 Å². The quantitative estimate of drug-likeness (QED) is 0.520. The number of thiophene rings is 1. The number of carbonyl (C=O) groups is 2. The van der Waals surface area contributed by atoms with Gasteiger partial charge < -0.3 is 4.74 Å². The van der Waals surface area contributed by atoms with E-state index in [1.165, 1.54) is 11.0 Å². The first-order valence-electron chi connectivity index (χ1n) is 6.42. The van der Waals surface area contributed by atoms with Crippen LogP contribution in [0.1, 0.15) is 20.0 Å². The van der Waals surface area contributed by atoms with Gasteiger partial charge in [-0.15, -0.1) is 16.4 Å². The summed E-state index contributed by atoms with van der Waals surface area (Å²) >= 11 is 6.91. The number of Topliss-reactive ketones (excluding diaryl/α,β-unsaturated/α-hetero) is 1. The van der Waals surface area contributed by atoms with Crippen LogP contribution >= 0.6 is 22.9 Å². The molecule has 7 nitrogen and oxygen atoms in total. The zero-order valence-electron chi connectivity index (χ0n) is 11.5. The summed E-state index contributed by atoms with van der Waals surface area (Å²) in [5, 5.41) is 10.8. The van der Waals surface area contributed by atoms with Crippen LogP contribution in [0.5, 0.6) is 0 Å². The number of tetrazole rings is 1. The molecule has 0 saturated carbocycles. The Balaban J connectivity index is 1.61. The van der Waals surface area contributed by atoms with Crippen LogP contribution in [0.25, 0.3) is 5.69 Å². The molecule has 0 saturated heterocycles. The third-order valence-corrected chi connectivity index (χ3v) is 4.17. The van der Waals surface area contributed by atoms with Gasteiger partial charge in [0.15, 0.2) is 6.61 Å². The van der Waals surface area contributed by atoms with Gasteiger partial charge >= 0.3 is 5.97 Å². The van der Waals surface area contributed by atoms with Crippen molar-refractivity contribution in [2.45, 2.75) is 0 Å². The zero-order valence-corrected chi connectivity index (χ0v) is 13.1. The fourth-order valence-corrected chi connectivity index (χ4v) is 2.75. The molecule has 23 heavy (non-hydrogen) atoms. The molecule has 1 aromatic carbocycles. The van der Waals surface area contributed by atoms with Gasteiger partial charge in [0.2, 0.25) is 5.78 Å². The first kappa shape index (κ1) is 15.3. The number of ether oxygens (including phenoxy) is 1. The van der Waals surface area contributed by atoms with Crippen molar-refractivity contribution >= 4 is 34.7 Å². The molecule has 0 bridgehead atoms. The highest BCUT2D eigenvalue weighted by atomic mass is 35.5. The molecule has 2 aromatic heterocycles. The topological polar surface area (TPSA) is 87.0 Å². The fourth-order valence-electron chi connectivity index (χ4n) is 1.78. The summed E-state index contributed by atoms with van der Waals surface area (Å²) in [7, 11) is 0. The van der Waals surface area contributed by atoms with Gasteiger partial charge in [0.1, 0.15) is 6.33 Å². The molecule has 0 aliphatic carbocycles. The Morgan fingerprint density at radius 3 is 2.57 bits per heavy atom. The molecule has 0 atom stereocenters. The molecule has 0 aliphatic heterocycles. The molecule has 3 aromatic rings. The lowest BCUT2D eigenvalue weighted by Crippen LogP contribution is -2.13. The third-order valence-electron chi connectivity index (χ3n) is 2.90. The van der Waals surface area contributed by atoms with Crippen LogP contribution in [-0.2, 0) is 4.74 Å². The molecule has 0 radical (unpaired) electrons. The lowest BCUT2D eigenvalue weighted by Gasteiger charge is -2.04. The summed E-state index contributed by atoms with van der Waals surface area (Å²) in [6.45, 7) is -0.329. The van der Waals surface area contributed by atoms with E-state index in [1.54, 1.807) is 36.4 Å². The number of ketones is 1. The molecule has 0 fully saturated rings.